The van der Waals surface area contributed by atoms with Crippen LogP contribution >= 0.6 is 11.6 Å². The quantitative estimate of drug-likeness (QED) is 0.865. The molecule has 1 saturated heterocycles. The molecule has 0 radical (unpaired) electrons. The number of sulfonamides is 1. The van der Waals surface area contributed by atoms with E-state index >= 15 is 0 Å². The maximum Gasteiger partial charge on any atom is 0.255 e. The summed E-state index contributed by atoms with van der Waals surface area (Å²) < 4.78 is 32.2. The third-order valence-electron chi connectivity index (χ3n) is 4.16. The van der Waals surface area contributed by atoms with Gasteiger partial charge in [-0.05, 0) is 48.9 Å². The molecule has 6 nitrogen and oxygen atoms in total. The van der Waals surface area contributed by atoms with Gasteiger partial charge in [0.2, 0.25) is 10.0 Å². The van der Waals surface area contributed by atoms with Crippen LogP contribution in [0, 0.1) is 6.92 Å². The van der Waals surface area contributed by atoms with Crippen molar-refractivity contribution in [2.75, 3.05) is 31.6 Å². The first-order valence-electron chi connectivity index (χ1n) is 8.13. The fourth-order valence-corrected chi connectivity index (χ4v) is 4.23. The smallest absolute Gasteiger partial charge is 0.255 e. The van der Waals surface area contributed by atoms with Gasteiger partial charge in [0.1, 0.15) is 0 Å². The van der Waals surface area contributed by atoms with Crippen LogP contribution in [0.5, 0.6) is 0 Å². The van der Waals surface area contributed by atoms with E-state index in [0.29, 0.717) is 48.1 Å². The number of nitrogens with zero attached hydrogens (tertiary/aromatic N) is 1. The number of rotatable bonds is 4. The number of carbonyl (C=O) groups excluding carboxylic acids is 1. The molecule has 1 heterocycles. The second-order valence-corrected chi connectivity index (χ2v) is 8.33. The second-order valence-electron chi connectivity index (χ2n) is 5.95. The summed E-state index contributed by atoms with van der Waals surface area (Å²) in [7, 11) is -3.66. The molecule has 1 amide bonds. The van der Waals surface area contributed by atoms with Crippen LogP contribution in [0.25, 0.3) is 0 Å². The minimum atomic E-state index is -3.66. The van der Waals surface area contributed by atoms with Crippen molar-refractivity contribution in [3.63, 3.8) is 0 Å². The number of amides is 1. The number of morpholine rings is 1. The van der Waals surface area contributed by atoms with E-state index in [2.05, 4.69) is 5.32 Å². The Morgan fingerprint density at radius 2 is 1.77 bits per heavy atom. The van der Waals surface area contributed by atoms with E-state index in [1.807, 2.05) is 0 Å². The van der Waals surface area contributed by atoms with Gasteiger partial charge in [0, 0.05) is 29.4 Å². The van der Waals surface area contributed by atoms with E-state index < -0.39 is 10.0 Å². The van der Waals surface area contributed by atoms with Crippen molar-refractivity contribution in [2.45, 2.75) is 11.8 Å². The molecule has 0 aliphatic carbocycles. The maximum atomic E-state index is 12.8. The lowest BCUT2D eigenvalue weighted by Crippen LogP contribution is -2.40. The third kappa shape index (κ3) is 4.07. The van der Waals surface area contributed by atoms with Gasteiger partial charge in [0.05, 0.1) is 18.1 Å². The number of halogens is 1. The summed E-state index contributed by atoms with van der Waals surface area (Å²) in [5.74, 6) is -0.371. The summed E-state index contributed by atoms with van der Waals surface area (Å²) in [6.07, 6.45) is 0. The number of aryl methyl sites for hydroxylation is 1. The molecule has 0 unspecified atom stereocenters. The lowest BCUT2D eigenvalue weighted by Gasteiger charge is -2.26. The molecule has 1 N–H and O–H groups in total. The van der Waals surface area contributed by atoms with Crippen LogP contribution in [0.15, 0.2) is 47.4 Å². The molecular weight excluding hydrogens is 376 g/mol. The largest absolute Gasteiger partial charge is 0.379 e. The maximum absolute atomic E-state index is 12.8. The summed E-state index contributed by atoms with van der Waals surface area (Å²) in [5.41, 5.74) is 1.59. The number of anilines is 1. The molecule has 138 valence electrons. The summed E-state index contributed by atoms with van der Waals surface area (Å²) >= 11 is 5.84. The summed E-state index contributed by atoms with van der Waals surface area (Å²) in [5, 5.41) is 3.33. The molecular formula is C18H19ClN2O4S. The Balaban J connectivity index is 1.87. The highest BCUT2D eigenvalue weighted by Gasteiger charge is 2.27. The highest BCUT2D eigenvalue weighted by atomic mass is 35.5. The van der Waals surface area contributed by atoms with E-state index in [0.717, 1.165) is 0 Å². The Labute approximate surface area is 157 Å². The van der Waals surface area contributed by atoms with E-state index in [9.17, 15) is 13.2 Å². The van der Waals surface area contributed by atoms with Crippen molar-refractivity contribution in [3.8, 4) is 0 Å². The fraction of sp³-hybridized carbons (Fsp3) is 0.278. The van der Waals surface area contributed by atoms with Gasteiger partial charge in [-0.1, -0.05) is 17.7 Å². The molecule has 0 bridgehead atoms. The number of hydrogen-bond donors (Lipinski definition) is 1. The predicted molar refractivity (Wildman–Crippen MR) is 100 cm³/mol. The van der Waals surface area contributed by atoms with E-state index in [-0.39, 0.29) is 10.8 Å². The van der Waals surface area contributed by atoms with Crippen LogP contribution in [0.2, 0.25) is 5.02 Å². The SMILES string of the molecule is Cc1ccc(S(=O)(=O)N2CCOCC2)cc1C(=O)Nc1ccc(Cl)cc1. The van der Waals surface area contributed by atoms with Gasteiger partial charge in [-0.3, -0.25) is 4.79 Å². The van der Waals surface area contributed by atoms with Gasteiger partial charge in [0.25, 0.3) is 5.91 Å². The Kier molecular flexibility index (Phi) is 5.62. The molecule has 3 rings (SSSR count). The zero-order valence-corrected chi connectivity index (χ0v) is 15.8. The normalized spacial score (nSPS) is 15.6. The average molecular weight is 395 g/mol. The molecule has 0 saturated carbocycles. The van der Waals surface area contributed by atoms with Crippen molar-refractivity contribution < 1.29 is 17.9 Å². The first kappa shape index (κ1) is 18.8. The minimum absolute atomic E-state index is 0.103. The molecule has 8 heteroatoms. The van der Waals surface area contributed by atoms with Crippen molar-refractivity contribution >= 4 is 33.2 Å². The van der Waals surface area contributed by atoms with Crippen molar-refractivity contribution in [1.82, 2.24) is 4.31 Å². The zero-order chi connectivity index (χ0) is 18.7. The van der Waals surface area contributed by atoms with Crippen LogP contribution in [-0.2, 0) is 14.8 Å². The Bertz CT molecular complexity index is 907. The summed E-state index contributed by atoms with van der Waals surface area (Å²) in [4.78, 5) is 12.7. The highest BCUT2D eigenvalue weighted by Crippen LogP contribution is 2.22. The van der Waals surface area contributed by atoms with Crippen molar-refractivity contribution in [1.29, 1.82) is 0 Å². The summed E-state index contributed by atoms with van der Waals surface area (Å²) in [6, 6.07) is 11.3. The molecule has 0 aromatic heterocycles. The van der Waals surface area contributed by atoms with Crippen molar-refractivity contribution in [2.24, 2.45) is 0 Å². The molecule has 26 heavy (non-hydrogen) atoms. The lowest BCUT2D eigenvalue weighted by molar-refractivity contribution is 0.0730. The number of benzene rings is 2. The number of ether oxygens (including phenoxy) is 1. The van der Waals surface area contributed by atoms with Crippen LogP contribution < -0.4 is 5.32 Å². The summed E-state index contributed by atoms with van der Waals surface area (Å²) in [6.45, 7) is 3.12. The van der Waals surface area contributed by atoms with Gasteiger partial charge in [-0.2, -0.15) is 4.31 Å². The van der Waals surface area contributed by atoms with Gasteiger partial charge in [0.15, 0.2) is 0 Å². The number of nitrogens with one attached hydrogen (secondary N) is 1. The van der Waals surface area contributed by atoms with Crippen LogP contribution in [0.4, 0.5) is 5.69 Å². The second kappa shape index (κ2) is 7.75. The minimum Gasteiger partial charge on any atom is -0.379 e. The van der Waals surface area contributed by atoms with Crippen LogP contribution in [0.1, 0.15) is 15.9 Å². The predicted octanol–water partition coefficient (Wildman–Crippen LogP) is 2.92. The molecule has 2 aromatic carbocycles. The van der Waals surface area contributed by atoms with E-state index in [4.69, 9.17) is 16.3 Å². The lowest BCUT2D eigenvalue weighted by atomic mass is 10.1. The third-order valence-corrected chi connectivity index (χ3v) is 6.31. The topological polar surface area (TPSA) is 75.7 Å². The average Bonchev–Trinajstić information content (AvgIpc) is 2.64. The highest BCUT2D eigenvalue weighted by molar-refractivity contribution is 7.89. The molecule has 0 spiro atoms. The Hall–Kier alpha value is -1.93. The van der Waals surface area contributed by atoms with Gasteiger partial charge < -0.3 is 10.1 Å². The molecule has 1 aliphatic heterocycles. The Morgan fingerprint density at radius 1 is 1.12 bits per heavy atom. The molecule has 2 aromatic rings. The van der Waals surface area contributed by atoms with Crippen LogP contribution in [0.3, 0.4) is 0 Å². The molecule has 1 aliphatic rings. The van der Waals surface area contributed by atoms with Crippen LogP contribution in [-0.4, -0.2) is 44.9 Å². The number of carbonyl (C=O) groups is 1. The molecule has 0 atom stereocenters. The molecule has 1 fully saturated rings. The Morgan fingerprint density at radius 3 is 2.42 bits per heavy atom. The first-order chi connectivity index (χ1) is 12.4. The zero-order valence-electron chi connectivity index (χ0n) is 14.2. The van der Waals surface area contributed by atoms with E-state index in [1.165, 1.54) is 16.4 Å². The van der Waals surface area contributed by atoms with E-state index in [1.54, 1.807) is 37.3 Å². The van der Waals surface area contributed by atoms with Crippen molar-refractivity contribution in [3.05, 3.63) is 58.6 Å². The first-order valence-corrected chi connectivity index (χ1v) is 9.95. The fourth-order valence-electron chi connectivity index (χ4n) is 2.67. The van der Waals surface area contributed by atoms with Gasteiger partial charge in [-0.25, -0.2) is 8.42 Å². The monoisotopic (exact) mass is 394 g/mol. The standard InChI is InChI=1S/C18H19ClN2O4S/c1-13-2-7-16(26(23,24)21-8-10-25-11-9-21)12-17(13)18(22)20-15-5-3-14(19)4-6-15/h2-7,12H,8-11H2,1H3,(H,20,22). The van der Waals surface area contributed by atoms with Gasteiger partial charge in [-0.15, -0.1) is 0 Å². The number of hydrogen-bond acceptors (Lipinski definition) is 4. The van der Waals surface area contributed by atoms with Gasteiger partial charge >= 0.3 is 0 Å².